The molecule has 0 aliphatic carbocycles. The third-order valence-corrected chi connectivity index (χ3v) is 13.5. The molecular weight excluding hydrogens is 805 g/mol. The van der Waals surface area contributed by atoms with Crippen LogP contribution in [0.5, 0.6) is 0 Å². The number of hydrogen-bond donors (Lipinski definition) is 0. The normalized spacial score (nSPS) is 12.0. The quantitative estimate of drug-likeness (QED) is 0.0344. The molecule has 0 aliphatic heterocycles. The van der Waals surface area contributed by atoms with Crippen molar-refractivity contribution in [1.29, 1.82) is 0 Å². The second-order valence-electron chi connectivity index (χ2n) is 21.2. The minimum absolute atomic E-state index is 0.0628. The van der Waals surface area contributed by atoms with Crippen LogP contribution in [-0.2, 0) is 28.6 Å². The Kier molecular flexibility index (Phi) is 50.5. The van der Waals surface area contributed by atoms with E-state index in [1.54, 1.807) is 0 Å². The number of unbranched alkanes of at least 4 members (excludes halogenated alkanes) is 38. The topological polar surface area (TPSA) is 78.9 Å². The maximum absolute atomic E-state index is 12.8. The van der Waals surface area contributed by atoms with E-state index in [1.807, 2.05) is 0 Å². The molecule has 0 radical (unpaired) electrons. The van der Waals surface area contributed by atoms with Crippen LogP contribution in [0, 0.1) is 11.8 Å². The summed E-state index contributed by atoms with van der Waals surface area (Å²) < 4.78 is 16.9. The van der Waals surface area contributed by atoms with Crippen LogP contribution in [0.4, 0.5) is 0 Å². The van der Waals surface area contributed by atoms with Crippen LogP contribution in [-0.4, -0.2) is 37.2 Å². The number of rotatable bonds is 53. The summed E-state index contributed by atoms with van der Waals surface area (Å²) in [6, 6.07) is 0. The molecule has 1 atom stereocenters. The molecule has 0 N–H and O–H groups in total. The highest BCUT2D eigenvalue weighted by atomic mass is 16.6. The number of carbonyl (C=O) groups is 3. The number of ether oxygens (including phenoxy) is 3. The second kappa shape index (κ2) is 51.8. The molecule has 0 aromatic rings. The van der Waals surface area contributed by atoms with Crippen molar-refractivity contribution in [2.45, 2.75) is 336 Å². The molecule has 0 fully saturated rings. The zero-order chi connectivity index (χ0) is 47.5. The Morgan fingerprint density at radius 2 is 0.508 bits per heavy atom. The highest BCUT2D eigenvalue weighted by molar-refractivity contribution is 5.71. The van der Waals surface area contributed by atoms with E-state index in [0.29, 0.717) is 19.3 Å². The van der Waals surface area contributed by atoms with Gasteiger partial charge in [0, 0.05) is 19.3 Å². The van der Waals surface area contributed by atoms with Gasteiger partial charge < -0.3 is 14.2 Å². The van der Waals surface area contributed by atoms with E-state index in [1.165, 1.54) is 218 Å². The first kappa shape index (κ1) is 63.4. The third kappa shape index (κ3) is 53.2. The van der Waals surface area contributed by atoms with Crippen LogP contribution in [0.3, 0.4) is 0 Å². The van der Waals surface area contributed by atoms with Gasteiger partial charge in [0.15, 0.2) is 6.10 Å². The van der Waals surface area contributed by atoms with Crippen LogP contribution in [0.25, 0.3) is 0 Å². The van der Waals surface area contributed by atoms with Gasteiger partial charge in [-0.25, -0.2) is 0 Å². The molecule has 6 heteroatoms. The molecule has 0 aliphatic rings. The number of carbonyl (C=O) groups excluding carboxylic acids is 3. The molecule has 0 spiro atoms. The van der Waals surface area contributed by atoms with Crippen molar-refractivity contribution in [1.82, 2.24) is 0 Å². The Morgan fingerprint density at radius 3 is 0.754 bits per heavy atom. The van der Waals surface area contributed by atoms with Gasteiger partial charge in [-0.3, -0.25) is 14.4 Å². The van der Waals surface area contributed by atoms with Crippen molar-refractivity contribution in [2.24, 2.45) is 11.8 Å². The van der Waals surface area contributed by atoms with E-state index in [0.717, 1.165) is 69.6 Å². The molecule has 0 heterocycles. The fourth-order valence-electron chi connectivity index (χ4n) is 9.05. The number of hydrogen-bond acceptors (Lipinski definition) is 6. The summed E-state index contributed by atoms with van der Waals surface area (Å²) in [5.41, 5.74) is 0. The molecule has 0 rings (SSSR count). The molecule has 0 saturated carbocycles. The first-order valence-corrected chi connectivity index (χ1v) is 29.2. The molecule has 65 heavy (non-hydrogen) atoms. The van der Waals surface area contributed by atoms with Crippen LogP contribution in [0.15, 0.2) is 0 Å². The van der Waals surface area contributed by atoms with Gasteiger partial charge in [-0.15, -0.1) is 0 Å². The SMILES string of the molecule is CCCCCCCCCCCCCCCCCCC(=O)O[C@H](COC(=O)CCCCCCCCCCCCCCCCCCC(C)C)COC(=O)CCCCCCCCCCCC(C)C. The van der Waals surface area contributed by atoms with Gasteiger partial charge >= 0.3 is 17.9 Å². The van der Waals surface area contributed by atoms with Crippen LogP contribution < -0.4 is 0 Å². The smallest absolute Gasteiger partial charge is 0.306 e. The van der Waals surface area contributed by atoms with Crippen molar-refractivity contribution in [3.63, 3.8) is 0 Å². The standard InChI is InChI=1S/C59H114O6/c1-6-7-8-9-10-11-12-13-14-18-22-25-30-36-41-46-51-59(62)65-56(53-64-58(61)50-45-40-35-31-26-28-33-38-43-48-55(4)5)52-63-57(60)49-44-39-34-29-24-21-19-16-15-17-20-23-27-32-37-42-47-54(2)3/h54-56H,6-53H2,1-5H3/t56-/m1/s1. The Labute approximate surface area is 406 Å². The third-order valence-electron chi connectivity index (χ3n) is 13.5. The van der Waals surface area contributed by atoms with Gasteiger partial charge in [0.05, 0.1) is 0 Å². The lowest BCUT2D eigenvalue weighted by atomic mass is 10.0. The molecule has 0 aromatic heterocycles. The number of esters is 3. The summed E-state index contributed by atoms with van der Waals surface area (Å²) in [6.45, 7) is 11.4. The van der Waals surface area contributed by atoms with Gasteiger partial charge in [-0.2, -0.15) is 0 Å². The Morgan fingerprint density at radius 1 is 0.292 bits per heavy atom. The summed E-state index contributed by atoms with van der Waals surface area (Å²) in [7, 11) is 0. The molecule has 6 nitrogen and oxygen atoms in total. The fourth-order valence-corrected chi connectivity index (χ4v) is 9.05. The van der Waals surface area contributed by atoms with Gasteiger partial charge in [0.25, 0.3) is 0 Å². The maximum atomic E-state index is 12.8. The molecule has 0 amide bonds. The Hall–Kier alpha value is -1.59. The largest absolute Gasteiger partial charge is 0.462 e. The lowest BCUT2D eigenvalue weighted by molar-refractivity contribution is -0.167. The average Bonchev–Trinajstić information content (AvgIpc) is 3.28. The molecule has 386 valence electrons. The van der Waals surface area contributed by atoms with E-state index in [4.69, 9.17) is 14.2 Å². The molecule has 0 saturated heterocycles. The zero-order valence-electron chi connectivity index (χ0n) is 44.6. The first-order valence-electron chi connectivity index (χ1n) is 29.2. The Balaban J connectivity index is 4.26. The summed E-state index contributed by atoms with van der Waals surface area (Å²) in [5.74, 6) is 0.822. The first-order chi connectivity index (χ1) is 31.7. The minimum Gasteiger partial charge on any atom is -0.462 e. The van der Waals surface area contributed by atoms with E-state index in [9.17, 15) is 14.4 Å². The van der Waals surface area contributed by atoms with Crippen LogP contribution in [0.2, 0.25) is 0 Å². The van der Waals surface area contributed by atoms with Crippen LogP contribution >= 0.6 is 0 Å². The van der Waals surface area contributed by atoms with E-state index in [2.05, 4.69) is 34.6 Å². The van der Waals surface area contributed by atoms with Crippen molar-refractivity contribution in [2.75, 3.05) is 13.2 Å². The summed E-state index contributed by atoms with van der Waals surface area (Å²) in [5, 5.41) is 0. The van der Waals surface area contributed by atoms with E-state index >= 15 is 0 Å². The Bertz CT molecular complexity index is 993. The predicted molar refractivity (Wildman–Crippen MR) is 280 cm³/mol. The monoisotopic (exact) mass is 919 g/mol. The van der Waals surface area contributed by atoms with E-state index in [-0.39, 0.29) is 31.1 Å². The van der Waals surface area contributed by atoms with Crippen molar-refractivity contribution < 1.29 is 28.6 Å². The highest BCUT2D eigenvalue weighted by Crippen LogP contribution is 2.18. The lowest BCUT2D eigenvalue weighted by Gasteiger charge is -2.18. The summed E-state index contributed by atoms with van der Waals surface area (Å²) in [6.07, 6.45) is 55.3. The van der Waals surface area contributed by atoms with Gasteiger partial charge in [0.2, 0.25) is 0 Å². The summed E-state index contributed by atoms with van der Waals surface area (Å²) in [4.78, 5) is 38.1. The predicted octanol–water partition coefficient (Wildman–Crippen LogP) is 19.3. The van der Waals surface area contributed by atoms with Gasteiger partial charge in [-0.1, -0.05) is 291 Å². The molecule has 0 aromatic carbocycles. The average molecular weight is 920 g/mol. The van der Waals surface area contributed by atoms with Crippen molar-refractivity contribution in [3.8, 4) is 0 Å². The van der Waals surface area contributed by atoms with E-state index < -0.39 is 6.10 Å². The second-order valence-corrected chi connectivity index (χ2v) is 21.2. The minimum atomic E-state index is -0.763. The van der Waals surface area contributed by atoms with Crippen LogP contribution in [0.1, 0.15) is 330 Å². The van der Waals surface area contributed by atoms with Gasteiger partial charge in [-0.05, 0) is 31.1 Å². The van der Waals surface area contributed by atoms with Crippen molar-refractivity contribution in [3.05, 3.63) is 0 Å². The van der Waals surface area contributed by atoms with Crippen molar-refractivity contribution >= 4 is 17.9 Å². The maximum Gasteiger partial charge on any atom is 0.306 e. The van der Waals surface area contributed by atoms with Gasteiger partial charge in [0.1, 0.15) is 13.2 Å². The fraction of sp³-hybridized carbons (Fsp3) is 0.949. The summed E-state index contributed by atoms with van der Waals surface area (Å²) >= 11 is 0. The highest BCUT2D eigenvalue weighted by Gasteiger charge is 2.19. The zero-order valence-corrected chi connectivity index (χ0v) is 44.6. The molecule has 0 unspecified atom stereocenters. The molecule has 0 bridgehead atoms. The lowest BCUT2D eigenvalue weighted by Crippen LogP contribution is -2.30. The molecular formula is C59H114O6.